The summed E-state index contributed by atoms with van der Waals surface area (Å²) >= 11 is 10.5. The zero-order chi connectivity index (χ0) is 11.4. The molecule has 0 amide bonds. The van der Waals surface area contributed by atoms with Crippen LogP contribution in [0.25, 0.3) is 0 Å². The summed E-state index contributed by atoms with van der Waals surface area (Å²) in [5.41, 5.74) is -0.180. The van der Waals surface area contributed by atoms with Crippen LogP contribution in [0.5, 0.6) is 5.75 Å². The van der Waals surface area contributed by atoms with Crippen molar-refractivity contribution in [3.05, 3.63) is 34.4 Å². The van der Waals surface area contributed by atoms with Crippen LogP contribution in [0.2, 0.25) is 0 Å². The maximum Gasteiger partial charge on any atom is 0.344 e. The minimum absolute atomic E-state index is 0.0282. The van der Waals surface area contributed by atoms with Gasteiger partial charge in [-0.25, -0.2) is 4.79 Å². The standard InChI is InChI=1S/C8H5Cl2NO4/c9-7(10)8(12)15-6-3-1-2-5(4-6)11(13)14/h1-4,7H. The number of ether oxygens (including phenoxy) is 1. The van der Waals surface area contributed by atoms with Gasteiger partial charge in [-0.15, -0.1) is 0 Å². The van der Waals surface area contributed by atoms with Crippen LogP contribution in [0.3, 0.4) is 0 Å². The molecule has 0 N–H and O–H groups in total. The molecule has 0 saturated carbocycles. The van der Waals surface area contributed by atoms with Gasteiger partial charge in [-0.3, -0.25) is 10.1 Å². The van der Waals surface area contributed by atoms with Gasteiger partial charge in [0.15, 0.2) is 0 Å². The Morgan fingerprint density at radius 1 is 1.47 bits per heavy atom. The average molecular weight is 250 g/mol. The van der Waals surface area contributed by atoms with E-state index in [1.54, 1.807) is 0 Å². The monoisotopic (exact) mass is 249 g/mol. The molecule has 1 aromatic carbocycles. The second-order valence-corrected chi connectivity index (χ2v) is 3.57. The lowest BCUT2D eigenvalue weighted by atomic mass is 10.3. The van der Waals surface area contributed by atoms with Gasteiger partial charge in [0, 0.05) is 6.07 Å². The number of benzene rings is 1. The Labute approximate surface area is 94.7 Å². The van der Waals surface area contributed by atoms with Crippen molar-refractivity contribution < 1.29 is 14.5 Å². The van der Waals surface area contributed by atoms with Crippen molar-refractivity contribution in [2.45, 2.75) is 4.84 Å². The summed E-state index contributed by atoms with van der Waals surface area (Å²) in [6.45, 7) is 0. The molecule has 0 heterocycles. The molecule has 0 saturated heterocycles. The summed E-state index contributed by atoms with van der Waals surface area (Å²) in [7, 11) is 0. The van der Waals surface area contributed by atoms with Gasteiger partial charge in [0.05, 0.1) is 11.0 Å². The van der Waals surface area contributed by atoms with Crippen LogP contribution in [0.15, 0.2) is 24.3 Å². The first kappa shape index (κ1) is 11.7. The number of alkyl halides is 2. The Hall–Kier alpha value is -1.33. The van der Waals surface area contributed by atoms with Gasteiger partial charge < -0.3 is 4.74 Å². The lowest BCUT2D eigenvalue weighted by molar-refractivity contribution is -0.384. The molecule has 0 atom stereocenters. The van der Waals surface area contributed by atoms with Gasteiger partial charge in [-0.05, 0) is 6.07 Å². The van der Waals surface area contributed by atoms with Crippen LogP contribution in [0.4, 0.5) is 5.69 Å². The summed E-state index contributed by atoms with van der Waals surface area (Å²) < 4.78 is 4.66. The summed E-state index contributed by atoms with van der Waals surface area (Å²) in [5.74, 6) is -0.848. The third-order valence-corrected chi connectivity index (χ3v) is 1.78. The molecule has 1 aromatic rings. The fourth-order valence-corrected chi connectivity index (χ4v) is 0.910. The molecular weight excluding hydrogens is 245 g/mol. The minimum atomic E-state index is -1.32. The van der Waals surface area contributed by atoms with E-state index < -0.39 is 15.7 Å². The third kappa shape index (κ3) is 3.38. The zero-order valence-electron chi connectivity index (χ0n) is 7.22. The van der Waals surface area contributed by atoms with Crippen molar-refractivity contribution in [2.75, 3.05) is 0 Å². The molecule has 0 unspecified atom stereocenters. The molecule has 5 nitrogen and oxygen atoms in total. The van der Waals surface area contributed by atoms with Crippen molar-refractivity contribution in [1.82, 2.24) is 0 Å². The summed E-state index contributed by atoms with van der Waals surface area (Å²) in [6, 6.07) is 5.16. The Kier molecular flexibility index (Phi) is 3.88. The highest BCUT2D eigenvalue weighted by atomic mass is 35.5. The lowest BCUT2D eigenvalue weighted by Gasteiger charge is -2.03. The largest absolute Gasteiger partial charge is 0.424 e. The predicted molar refractivity (Wildman–Crippen MR) is 54.2 cm³/mol. The van der Waals surface area contributed by atoms with Gasteiger partial charge in [-0.2, -0.15) is 0 Å². The first-order valence-corrected chi connectivity index (χ1v) is 4.62. The van der Waals surface area contributed by atoms with Crippen molar-refractivity contribution in [1.29, 1.82) is 0 Å². The van der Waals surface area contributed by atoms with Crippen LogP contribution in [0, 0.1) is 10.1 Å². The number of nitrogens with zero attached hydrogens (tertiary/aromatic N) is 1. The quantitative estimate of drug-likeness (QED) is 0.271. The molecule has 0 aliphatic carbocycles. The molecule has 80 valence electrons. The third-order valence-electron chi connectivity index (χ3n) is 1.43. The highest BCUT2D eigenvalue weighted by molar-refractivity contribution is 6.53. The molecular formula is C8H5Cl2NO4. The first-order chi connectivity index (χ1) is 7.00. The molecule has 0 fully saturated rings. The highest BCUT2D eigenvalue weighted by Gasteiger charge is 2.15. The smallest absolute Gasteiger partial charge is 0.344 e. The van der Waals surface area contributed by atoms with E-state index in [1.165, 1.54) is 18.2 Å². The Balaban J connectivity index is 2.83. The minimum Gasteiger partial charge on any atom is -0.424 e. The van der Waals surface area contributed by atoms with Gasteiger partial charge in [0.1, 0.15) is 5.75 Å². The fraction of sp³-hybridized carbons (Fsp3) is 0.125. The second kappa shape index (κ2) is 4.95. The molecule has 0 aliphatic rings. The van der Waals surface area contributed by atoms with Crippen molar-refractivity contribution >= 4 is 34.9 Å². The van der Waals surface area contributed by atoms with Gasteiger partial charge >= 0.3 is 5.97 Å². The van der Waals surface area contributed by atoms with E-state index in [4.69, 9.17) is 23.2 Å². The summed E-state index contributed by atoms with van der Waals surface area (Å²) in [5, 5.41) is 10.4. The van der Waals surface area contributed by atoms with E-state index in [0.29, 0.717) is 0 Å². The number of hydrogen-bond donors (Lipinski definition) is 0. The maximum atomic E-state index is 10.9. The van der Waals surface area contributed by atoms with Crippen LogP contribution in [-0.4, -0.2) is 15.7 Å². The number of nitro groups is 1. The number of esters is 1. The van der Waals surface area contributed by atoms with E-state index >= 15 is 0 Å². The van der Waals surface area contributed by atoms with Crippen molar-refractivity contribution in [3.8, 4) is 5.75 Å². The topological polar surface area (TPSA) is 69.4 Å². The number of halogens is 2. The van der Waals surface area contributed by atoms with Crippen LogP contribution in [0.1, 0.15) is 0 Å². The molecule has 1 rings (SSSR count). The molecule has 0 bridgehead atoms. The van der Waals surface area contributed by atoms with Crippen LogP contribution >= 0.6 is 23.2 Å². The second-order valence-electron chi connectivity index (χ2n) is 2.48. The Bertz CT molecular complexity index is 394. The van der Waals surface area contributed by atoms with Crippen molar-refractivity contribution in [3.63, 3.8) is 0 Å². The van der Waals surface area contributed by atoms with E-state index in [-0.39, 0.29) is 11.4 Å². The van der Waals surface area contributed by atoms with E-state index in [9.17, 15) is 14.9 Å². The van der Waals surface area contributed by atoms with E-state index in [2.05, 4.69) is 4.74 Å². The number of non-ortho nitro benzene ring substituents is 1. The number of hydrogen-bond acceptors (Lipinski definition) is 4. The summed E-state index contributed by atoms with van der Waals surface area (Å²) in [6.07, 6.45) is 0. The normalized spacial score (nSPS) is 10.1. The molecule has 7 heteroatoms. The molecule has 0 spiro atoms. The summed E-state index contributed by atoms with van der Waals surface area (Å²) in [4.78, 5) is 19.4. The molecule has 0 aliphatic heterocycles. The lowest BCUT2D eigenvalue weighted by Crippen LogP contribution is -2.15. The van der Waals surface area contributed by atoms with Crippen LogP contribution < -0.4 is 4.74 Å². The SMILES string of the molecule is O=C(Oc1cccc([N+](=O)[O-])c1)C(Cl)Cl. The number of carbonyl (C=O) groups is 1. The Morgan fingerprint density at radius 3 is 2.67 bits per heavy atom. The molecule has 15 heavy (non-hydrogen) atoms. The van der Waals surface area contributed by atoms with Gasteiger partial charge in [-0.1, -0.05) is 29.3 Å². The average Bonchev–Trinajstić information content (AvgIpc) is 2.18. The fourth-order valence-electron chi connectivity index (χ4n) is 0.821. The Morgan fingerprint density at radius 2 is 2.13 bits per heavy atom. The zero-order valence-corrected chi connectivity index (χ0v) is 8.73. The molecule has 0 aromatic heterocycles. The van der Waals surface area contributed by atoms with E-state index in [0.717, 1.165) is 6.07 Å². The van der Waals surface area contributed by atoms with Crippen LogP contribution in [-0.2, 0) is 4.79 Å². The van der Waals surface area contributed by atoms with Gasteiger partial charge in [0.2, 0.25) is 4.84 Å². The maximum absolute atomic E-state index is 10.9. The molecule has 0 radical (unpaired) electrons. The van der Waals surface area contributed by atoms with E-state index in [1.807, 2.05) is 0 Å². The highest BCUT2D eigenvalue weighted by Crippen LogP contribution is 2.20. The van der Waals surface area contributed by atoms with Crippen molar-refractivity contribution in [2.24, 2.45) is 0 Å². The first-order valence-electron chi connectivity index (χ1n) is 3.75. The predicted octanol–water partition coefficient (Wildman–Crippen LogP) is 2.30. The number of rotatable bonds is 3. The van der Waals surface area contributed by atoms with Gasteiger partial charge in [0.25, 0.3) is 5.69 Å². The number of carbonyl (C=O) groups excluding carboxylic acids is 1. The number of nitro benzene ring substituents is 1.